The number of hydrogen-bond donors (Lipinski definition) is 1. The van der Waals surface area contributed by atoms with E-state index in [1.807, 2.05) is 115 Å². The lowest BCUT2D eigenvalue weighted by molar-refractivity contribution is -0.118. The Balaban J connectivity index is 1.26. The highest BCUT2D eigenvalue weighted by Crippen LogP contribution is 2.49. The van der Waals surface area contributed by atoms with E-state index in [1.54, 1.807) is 0 Å². The zero-order valence-corrected chi connectivity index (χ0v) is 22.1. The van der Waals surface area contributed by atoms with Gasteiger partial charge in [-0.15, -0.1) is 0 Å². The van der Waals surface area contributed by atoms with Gasteiger partial charge in [-0.3, -0.25) is 9.36 Å². The zero-order valence-electron chi connectivity index (χ0n) is 21.2. The summed E-state index contributed by atoms with van der Waals surface area (Å²) < 4.78 is 30.8. The van der Waals surface area contributed by atoms with Gasteiger partial charge >= 0.3 is 7.60 Å². The quantitative estimate of drug-likeness (QED) is 0.139. The van der Waals surface area contributed by atoms with Gasteiger partial charge in [-0.05, 0) is 53.8 Å². The molecule has 7 heteroatoms. The summed E-state index contributed by atoms with van der Waals surface area (Å²) in [5, 5.41) is 2.86. The standard InChI is InChI=1S/C31H32NO5P/c33-31(32-21-11-17-26-16-10-20-30(22-26)37-29-18-8-3-9-19-29)25-38(34,35-23-27-12-4-1-5-13-27)36-24-28-14-6-2-7-15-28/h1-10,12-16,18-20,22H,11,17,21,23-25H2,(H,32,33). The summed E-state index contributed by atoms with van der Waals surface area (Å²) in [6, 6.07) is 36.3. The molecule has 0 aliphatic carbocycles. The molecule has 1 amide bonds. The maximum Gasteiger partial charge on any atom is 0.340 e. The number of carbonyl (C=O) groups excluding carboxylic acids is 1. The lowest BCUT2D eigenvalue weighted by Crippen LogP contribution is -2.28. The molecule has 0 saturated heterocycles. The van der Waals surface area contributed by atoms with Gasteiger partial charge in [0.2, 0.25) is 5.91 Å². The Morgan fingerprint density at radius 3 is 1.79 bits per heavy atom. The van der Waals surface area contributed by atoms with Crippen molar-refractivity contribution < 1.29 is 23.1 Å². The molecule has 38 heavy (non-hydrogen) atoms. The van der Waals surface area contributed by atoms with Gasteiger partial charge in [0.15, 0.2) is 0 Å². The van der Waals surface area contributed by atoms with E-state index in [1.165, 1.54) is 0 Å². The van der Waals surface area contributed by atoms with Crippen molar-refractivity contribution in [2.75, 3.05) is 12.7 Å². The van der Waals surface area contributed by atoms with Crippen molar-refractivity contribution in [1.82, 2.24) is 5.32 Å². The van der Waals surface area contributed by atoms with E-state index in [9.17, 15) is 9.36 Å². The second kappa shape index (κ2) is 14.3. The molecule has 1 N–H and O–H groups in total. The van der Waals surface area contributed by atoms with Gasteiger partial charge < -0.3 is 19.1 Å². The highest BCUT2D eigenvalue weighted by Gasteiger charge is 2.29. The highest BCUT2D eigenvalue weighted by molar-refractivity contribution is 7.54. The summed E-state index contributed by atoms with van der Waals surface area (Å²) >= 11 is 0. The fourth-order valence-corrected chi connectivity index (χ4v) is 5.18. The molecule has 0 unspecified atom stereocenters. The Kier molecular flexibility index (Phi) is 10.3. The molecule has 0 saturated carbocycles. The number of para-hydroxylation sites is 1. The number of ether oxygens (including phenoxy) is 1. The van der Waals surface area contributed by atoms with Crippen molar-refractivity contribution in [3.8, 4) is 11.5 Å². The predicted molar refractivity (Wildman–Crippen MR) is 149 cm³/mol. The maximum absolute atomic E-state index is 13.5. The summed E-state index contributed by atoms with van der Waals surface area (Å²) in [7, 11) is -3.68. The molecule has 0 atom stereocenters. The first-order valence-corrected chi connectivity index (χ1v) is 14.4. The summed E-state index contributed by atoms with van der Waals surface area (Å²) in [6.45, 7) is 0.642. The molecule has 4 rings (SSSR count). The first-order chi connectivity index (χ1) is 18.6. The molecule has 196 valence electrons. The van der Waals surface area contributed by atoms with Crippen LogP contribution >= 0.6 is 7.60 Å². The van der Waals surface area contributed by atoms with E-state index in [4.69, 9.17) is 13.8 Å². The van der Waals surface area contributed by atoms with Gasteiger partial charge in [-0.25, -0.2) is 0 Å². The van der Waals surface area contributed by atoms with Crippen LogP contribution in [-0.4, -0.2) is 18.6 Å². The van der Waals surface area contributed by atoms with Crippen LogP contribution in [0.15, 0.2) is 115 Å². The summed E-state index contributed by atoms with van der Waals surface area (Å²) in [5.41, 5.74) is 2.82. The Hall–Kier alpha value is -3.70. The van der Waals surface area contributed by atoms with E-state index in [2.05, 4.69) is 5.32 Å². The van der Waals surface area contributed by atoms with Crippen molar-refractivity contribution >= 4 is 13.5 Å². The van der Waals surface area contributed by atoms with Crippen molar-refractivity contribution in [3.05, 3.63) is 132 Å². The fraction of sp³-hybridized carbons (Fsp3) is 0.194. The van der Waals surface area contributed by atoms with E-state index >= 15 is 0 Å². The molecule has 4 aromatic rings. The minimum Gasteiger partial charge on any atom is -0.457 e. The minimum absolute atomic E-state index is 0.0988. The Labute approximate surface area is 224 Å². The number of hydrogen-bond acceptors (Lipinski definition) is 5. The van der Waals surface area contributed by atoms with Crippen molar-refractivity contribution in [2.24, 2.45) is 0 Å². The first-order valence-electron chi connectivity index (χ1n) is 12.6. The van der Waals surface area contributed by atoms with Crippen LogP contribution in [0.2, 0.25) is 0 Å². The molecule has 6 nitrogen and oxygen atoms in total. The topological polar surface area (TPSA) is 73.9 Å². The SMILES string of the molecule is O=C(CP(=O)(OCc1ccccc1)OCc1ccccc1)NCCCc1cccc(Oc2ccccc2)c1. The summed E-state index contributed by atoms with van der Waals surface area (Å²) in [4.78, 5) is 12.7. The molecule has 0 spiro atoms. The summed E-state index contributed by atoms with van der Waals surface area (Å²) in [6.07, 6.45) is 1.15. The second-order valence-corrected chi connectivity index (χ2v) is 10.9. The third-order valence-electron chi connectivity index (χ3n) is 5.72. The Morgan fingerprint density at radius 2 is 1.18 bits per heavy atom. The number of aryl methyl sites for hydroxylation is 1. The molecule has 0 fully saturated rings. The van der Waals surface area contributed by atoms with Crippen LogP contribution in [0, 0.1) is 0 Å². The molecule has 0 bridgehead atoms. The lowest BCUT2D eigenvalue weighted by Gasteiger charge is -2.19. The average molecular weight is 530 g/mol. The fourth-order valence-electron chi connectivity index (χ4n) is 3.76. The van der Waals surface area contributed by atoms with E-state index in [0.717, 1.165) is 41.0 Å². The third kappa shape index (κ3) is 9.31. The number of benzene rings is 4. The average Bonchev–Trinajstić information content (AvgIpc) is 2.95. The van der Waals surface area contributed by atoms with Crippen molar-refractivity contribution in [1.29, 1.82) is 0 Å². The maximum atomic E-state index is 13.5. The van der Waals surface area contributed by atoms with Crippen molar-refractivity contribution in [3.63, 3.8) is 0 Å². The normalized spacial score (nSPS) is 11.2. The molecule has 0 aromatic heterocycles. The molecule has 0 aliphatic heterocycles. The van der Waals surface area contributed by atoms with Gasteiger partial charge in [0.05, 0.1) is 13.2 Å². The van der Waals surface area contributed by atoms with Gasteiger partial charge in [0.1, 0.15) is 17.7 Å². The Morgan fingerprint density at radius 1 is 0.658 bits per heavy atom. The lowest BCUT2D eigenvalue weighted by atomic mass is 10.1. The van der Waals surface area contributed by atoms with E-state index < -0.39 is 7.60 Å². The van der Waals surface area contributed by atoms with Crippen LogP contribution in [0.1, 0.15) is 23.1 Å². The second-order valence-electron chi connectivity index (χ2n) is 8.80. The molecule has 4 aromatic carbocycles. The predicted octanol–water partition coefficient (Wildman–Crippen LogP) is 7.15. The van der Waals surface area contributed by atoms with E-state index in [-0.39, 0.29) is 25.3 Å². The number of carbonyl (C=O) groups is 1. The van der Waals surface area contributed by atoms with Crippen LogP contribution < -0.4 is 10.1 Å². The van der Waals surface area contributed by atoms with Crippen LogP contribution in [0.25, 0.3) is 0 Å². The largest absolute Gasteiger partial charge is 0.457 e. The van der Waals surface area contributed by atoms with Gasteiger partial charge in [0.25, 0.3) is 0 Å². The molecule has 0 heterocycles. The zero-order chi connectivity index (χ0) is 26.5. The number of amides is 1. The van der Waals surface area contributed by atoms with Crippen molar-refractivity contribution in [2.45, 2.75) is 26.1 Å². The number of rotatable bonds is 14. The monoisotopic (exact) mass is 529 g/mol. The molecular weight excluding hydrogens is 497 g/mol. The summed E-state index contributed by atoms with van der Waals surface area (Å²) in [5.74, 6) is 1.19. The van der Waals surface area contributed by atoms with Crippen LogP contribution in [0.3, 0.4) is 0 Å². The van der Waals surface area contributed by atoms with Crippen LogP contribution in [0.5, 0.6) is 11.5 Å². The first kappa shape index (κ1) is 27.3. The van der Waals surface area contributed by atoms with Crippen LogP contribution in [0.4, 0.5) is 0 Å². The minimum atomic E-state index is -3.68. The van der Waals surface area contributed by atoms with Gasteiger partial charge in [-0.1, -0.05) is 91.0 Å². The smallest absolute Gasteiger partial charge is 0.340 e. The number of nitrogens with one attached hydrogen (secondary N) is 1. The van der Waals surface area contributed by atoms with Gasteiger partial charge in [0, 0.05) is 6.54 Å². The molecule has 0 aliphatic rings. The molecular formula is C31H32NO5P. The molecule has 0 radical (unpaired) electrons. The van der Waals surface area contributed by atoms with Gasteiger partial charge in [-0.2, -0.15) is 0 Å². The Bertz CT molecular complexity index is 1270. The third-order valence-corrected chi connectivity index (χ3v) is 7.44. The highest BCUT2D eigenvalue weighted by atomic mass is 31.2. The van der Waals surface area contributed by atoms with Crippen LogP contribution in [-0.2, 0) is 38.0 Å². The van der Waals surface area contributed by atoms with E-state index in [0.29, 0.717) is 6.54 Å².